The van der Waals surface area contributed by atoms with Crippen LogP contribution in [0.5, 0.6) is 0 Å². The van der Waals surface area contributed by atoms with E-state index in [9.17, 15) is 9.59 Å². The van der Waals surface area contributed by atoms with Gasteiger partial charge in [-0.15, -0.1) is 0 Å². The fourth-order valence-corrected chi connectivity index (χ4v) is 3.92. The molecule has 170 valence electrons. The zero-order chi connectivity index (χ0) is 22.9. The fourth-order valence-electron chi connectivity index (χ4n) is 3.92. The van der Waals surface area contributed by atoms with E-state index in [1.807, 2.05) is 54.4 Å². The number of nitrogens with one attached hydrogen (secondary N) is 1. The minimum absolute atomic E-state index is 0.0163. The maximum atomic E-state index is 13.1. The molecule has 2 fully saturated rings. The lowest BCUT2D eigenvalue weighted by Crippen LogP contribution is -2.44. The summed E-state index contributed by atoms with van der Waals surface area (Å²) in [5.74, 6) is -0.393. The highest BCUT2D eigenvalue weighted by atomic mass is 16.2. The third-order valence-electron chi connectivity index (χ3n) is 5.73. The molecular weight excluding hydrogens is 406 g/mol. The molecule has 2 saturated heterocycles. The van der Waals surface area contributed by atoms with Crippen molar-refractivity contribution >= 4 is 35.4 Å². The SMILES string of the molecule is CN(C)c1cccc(N=C(/N=C/C2CCCCN(CC(=O)N3CCCC3)C2=O)NC#N)c1. The van der Waals surface area contributed by atoms with Gasteiger partial charge in [0, 0.05) is 45.6 Å². The van der Waals surface area contributed by atoms with E-state index < -0.39 is 5.92 Å². The van der Waals surface area contributed by atoms with Crippen molar-refractivity contribution < 1.29 is 9.59 Å². The quantitative estimate of drug-likeness (QED) is 0.329. The minimum atomic E-state index is -0.442. The molecule has 9 nitrogen and oxygen atoms in total. The van der Waals surface area contributed by atoms with E-state index in [1.54, 1.807) is 11.1 Å². The highest BCUT2D eigenvalue weighted by Crippen LogP contribution is 2.21. The Morgan fingerprint density at radius 1 is 1.25 bits per heavy atom. The number of hydrogen-bond acceptors (Lipinski definition) is 5. The lowest BCUT2D eigenvalue weighted by Gasteiger charge is -2.25. The Bertz CT molecular complexity index is 913. The maximum Gasteiger partial charge on any atom is 0.242 e. The van der Waals surface area contributed by atoms with Crippen LogP contribution in [0.3, 0.4) is 0 Å². The van der Waals surface area contributed by atoms with Crippen LogP contribution in [0.4, 0.5) is 11.4 Å². The normalized spacial score (nSPS) is 19.7. The number of amides is 2. The zero-order valence-corrected chi connectivity index (χ0v) is 18.8. The van der Waals surface area contributed by atoms with Crippen molar-refractivity contribution in [1.82, 2.24) is 15.1 Å². The molecule has 32 heavy (non-hydrogen) atoms. The smallest absolute Gasteiger partial charge is 0.242 e. The number of nitrogens with zero attached hydrogens (tertiary/aromatic N) is 6. The number of carbonyl (C=O) groups excluding carboxylic acids is 2. The molecule has 1 unspecified atom stereocenters. The lowest BCUT2D eigenvalue weighted by atomic mass is 10.0. The van der Waals surface area contributed by atoms with Crippen molar-refractivity contribution in [2.24, 2.45) is 15.9 Å². The molecule has 0 aliphatic carbocycles. The van der Waals surface area contributed by atoms with Crippen LogP contribution in [0, 0.1) is 17.4 Å². The van der Waals surface area contributed by atoms with Gasteiger partial charge in [0.25, 0.3) is 0 Å². The summed E-state index contributed by atoms with van der Waals surface area (Å²) >= 11 is 0. The van der Waals surface area contributed by atoms with Gasteiger partial charge in [0.2, 0.25) is 17.8 Å². The van der Waals surface area contributed by atoms with Crippen molar-refractivity contribution in [1.29, 1.82) is 5.26 Å². The van der Waals surface area contributed by atoms with E-state index >= 15 is 0 Å². The first kappa shape index (κ1) is 23.3. The second-order valence-corrected chi connectivity index (χ2v) is 8.31. The second kappa shape index (κ2) is 11.3. The average Bonchev–Trinajstić information content (AvgIpc) is 3.27. The summed E-state index contributed by atoms with van der Waals surface area (Å²) in [5, 5.41) is 11.6. The van der Waals surface area contributed by atoms with Gasteiger partial charge in [0.1, 0.15) is 0 Å². The fraction of sp³-hybridized carbons (Fsp3) is 0.522. The topological polar surface area (TPSA) is 104 Å². The summed E-state index contributed by atoms with van der Waals surface area (Å²) in [6.45, 7) is 2.26. The van der Waals surface area contributed by atoms with E-state index in [0.717, 1.165) is 44.5 Å². The number of aliphatic imine (C=N–C) groups is 2. The monoisotopic (exact) mass is 437 g/mol. The molecule has 0 radical (unpaired) electrons. The number of guanidine groups is 1. The Labute approximate surface area is 189 Å². The number of likely N-dealkylation sites (tertiary alicyclic amines) is 2. The number of hydrogen-bond donors (Lipinski definition) is 1. The molecular formula is C23H31N7O2. The summed E-state index contributed by atoms with van der Waals surface area (Å²) < 4.78 is 0. The van der Waals surface area contributed by atoms with Gasteiger partial charge in [-0.05, 0) is 43.9 Å². The minimum Gasteiger partial charge on any atom is -0.378 e. The first-order valence-corrected chi connectivity index (χ1v) is 11.1. The van der Waals surface area contributed by atoms with E-state index in [0.29, 0.717) is 18.7 Å². The number of benzene rings is 1. The molecule has 1 aromatic rings. The Balaban J connectivity index is 1.72. The number of nitriles is 1. The molecule has 0 saturated carbocycles. The van der Waals surface area contributed by atoms with Crippen molar-refractivity contribution in [3.8, 4) is 6.19 Å². The van der Waals surface area contributed by atoms with E-state index in [4.69, 9.17) is 5.26 Å². The van der Waals surface area contributed by atoms with Crippen LogP contribution in [0.15, 0.2) is 34.3 Å². The highest BCUT2D eigenvalue weighted by Gasteiger charge is 2.29. The summed E-state index contributed by atoms with van der Waals surface area (Å²) in [4.78, 5) is 39.8. The highest BCUT2D eigenvalue weighted by molar-refractivity contribution is 6.00. The van der Waals surface area contributed by atoms with Gasteiger partial charge < -0.3 is 14.7 Å². The van der Waals surface area contributed by atoms with Crippen LogP contribution >= 0.6 is 0 Å². The van der Waals surface area contributed by atoms with E-state index in [2.05, 4.69) is 15.3 Å². The third kappa shape index (κ3) is 6.30. The van der Waals surface area contributed by atoms with Crippen LogP contribution < -0.4 is 10.2 Å². The van der Waals surface area contributed by atoms with Gasteiger partial charge in [0.05, 0.1) is 18.2 Å². The van der Waals surface area contributed by atoms with Gasteiger partial charge in [-0.3, -0.25) is 14.9 Å². The van der Waals surface area contributed by atoms with Gasteiger partial charge in [-0.2, -0.15) is 5.26 Å². The summed E-state index contributed by atoms with van der Waals surface area (Å²) in [6.07, 6.45) is 7.86. The number of rotatable bonds is 5. The Morgan fingerprint density at radius 2 is 2.00 bits per heavy atom. The van der Waals surface area contributed by atoms with Crippen LogP contribution in [0.2, 0.25) is 0 Å². The van der Waals surface area contributed by atoms with Crippen LogP contribution in [0.25, 0.3) is 0 Å². The van der Waals surface area contributed by atoms with Gasteiger partial charge in [-0.1, -0.05) is 12.5 Å². The molecule has 1 aromatic carbocycles. The van der Waals surface area contributed by atoms with Gasteiger partial charge >= 0.3 is 0 Å². The summed E-state index contributed by atoms with van der Waals surface area (Å²) in [7, 11) is 3.88. The van der Waals surface area contributed by atoms with E-state index in [-0.39, 0.29) is 24.3 Å². The Kier molecular flexibility index (Phi) is 8.20. The van der Waals surface area contributed by atoms with Crippen LogP contribution in [-0.4, -0.2) is 74.1 Å². The molecule has 2 aliphatic rings. The summed E-state index contributed by atoms with van der Waals surface area (Å²) in [6, 6.07) is 7.55. The predicted octanol–water partition coefficient (Wildman–Crippen LogP) is 2.13. The van der Waals surface area contributed by atoms with Crippen LogP contribution in [0.1, 0.15) is 32.1 Å². The van der Waals surface area contributed by atoms with Gasteiger partial charge in [-0.25, -0.2) is 9.98 Å². The predicted molar refractivity (Wildman–Crippen MR) is 125 cm³/mol. The maximum absolute atomic E-state index is 13.1. The first-order valence-electron chi connectivity index (χ1n) is 11.1. The van der Waals surface area contributed by atoms with Crippen molar-refractivity contribution in [2.45, 2.75) is 32.1 Å². The van der Waals surface area contributed by atoms with Crippen molar-refractivity contribution in [2.75, 3.05) is 45.2 Å². The molecule has 0 spiro atoms. The number of anilines is 1. The van der Waals surface area contributed by atoms with Crippen molar-refractivity contribution in [3.63, 3.8) is 0 Å². The van der Waals surface area contributed by atoms with Crippen molar-refractivity contribution in [3.05, 3.63) is 24.3 Å². The molecule has 1 atom stereocenters. The molecule has 1 N–H and O–H groups in total. The molecule has 2 aliphatic heterocycles. The Hall–Kier alpha value is -3.41. The first-order chi connectivity index (χ1) is 15.5. The van der Waals surface area contributed by atoms with E-state index in [1.165, 1.54) is 0 Å². The largest absolute Gasteiger partial charge is 0.378 e. The molecule has 0 bridgehead atoms. The third-order valence-corrected chi connectivity index (χ3v) is 5.73. The van der Waals surface area contributed by atoms with Gasteiger partial charge in [0.15, 0.2) is 6.19 Å². The lowest BCUT2D eigenvalue weighted by molar-refractivity contribution is -0.140. The summed E-state index contributed by atoms with van der Waals surface area (Å²) in [5.41, 5.74) is 1.62. The zero-order valence-electron chi connectivity index (χ0n) is 18.8. The molecule has 0 aromatic heterocycles. The number of carbonyl (C=O) groups is 2. The molecule has 9 heteroatoms. The molecule has 3 rings (SSSR count). The molecule has 2 heterocycles. The average molecular weight is 438 g/mol. The van der Waals surface area contributed by atoms with Crippen LogP contribution in [-0.2, 0) is 9.59 Å². The second-order valence-electron chi connectivity index (χ2n) is 8.31. The molecule has 2 amide bonds. The standard InChI is InChI=1S/C23H31N7O2/c1-28(2)20-10-7-9-19(14-20)27-23(26-17-24)25-15-18-8-3-4-13-30(22(18)32)16-21(31)29-11-5-6-12-29/h7,9-10,14-15,18H,3-6,8,11-13,16H2,1-2H3,(H,26,27)/b25-15+. The Morgan fingerprint density at radius 3 is 2.72 bits per heavy atom.